The lowest BCUT2D eigenvalue weighted by atomic mass is 10.2. The van der Waals surface area contributed by atoms with Gasteiger partial charge in [-0.1, -0.05) is 17.7 Å². The van der Waals surface area contributed by atoms with Gasteiger partial charge in [0.1, 0.15) is 0 Å². The Labute approximate surface area is 102 Å². The van der Waals surface area contributed by atoms with Crippen molar-refractivity contribution in [2.75, 3.05) is 13.2 Å². The van der Waals surface area contributed by atoms with Crippen molar-refractivity contribution in [1.82, 2.24) is 0 Å². The Morgan fingerprint density at radius 3 is 1.88 bits per heavy atom. The predicted molar refractivity (Wildman–Crippen MR) is 65.7 cm³/mol. The Morgan fingerprint density at radius 1 is 1.06 bits per heavy atom. The standard InChI is InChI=1S/C7H8O3S.C5H10O/c1-6-2-4-7(5-3-6)11(8,9)10;1-2-4-6-5-3-1/h2-5H,1H3,(H,8,9,10);1-5H2. The van der Waals surface area contributed by atoms with Gasteiger partial charge in [-0.2, -0.15) is 8.42 Å². The number of benzene rings is 1. The van der Waals surface area contributed by atoms with E-state index in [-0.39, 0.29) is 4.90 Å². The van der Waals surface area contributed by atoms with Crippen molar-refractivity contribution in [3.8, 4) is 0 Å². The molecule has 1 aliphatic heterocycles. The first-order chi connectivity index (χ1) is 8.00. The first kappa shape index (κ1) is 14.2. The molecular weight excluding hydrogens is 240 g/mol. The molecule has 0 aromatic heterocycles. The van der Waals surface area contributed by atoms with Gasteiger partial charge < -0.3 is 4.74 Å². The second-order valence-corrected chi connectivity index (χ2v) is 5.38. The van der Waals surface area contributed by atoms with Gasteiger partial charge in [0, 0.05) is 13.2 Å². The number of aryl methyl sites for hydroxylation is 1. The molecule has 0 saturated carbocycles. The lowest BCUT2D eigenvalue weighted by molar-refractivity contribution is 0.0968. The summed E-state index contributed by atoms with van der Waals surface area (Å²) in [7, 11) is -4.02. The third-order valence-electron chi connectivity index (χ3n) is 2.40. The van der Waals surface area contributed by atoms with Gasteiger partial charge in [-0.15, -0.1) is 0 Å². The molecule has 2 rings (SSSR count). The molecule has 0 radical (unpaired) electrons. The molecule has 1 saturated heterocycles. The van der Waals surface area contributed by atoms with Gasteiger partial charge in [-0.25, -0.2) is 0 Å². The van der Waals surface area contributed by atoms with E-state index in [1.54, 1.807) is 12.1 Å². The first-order valence-corrected chi connectivity index (χ1v) is 7.06. The van der Waals surface area contributed by atoms with Crippen molar-refractivity contribution in [2.45, 2.75) is 31.1 Å². The second-order valence-electron chi connectivity index (χ2n) is 3.96. The smallest absolute Gasteiger partial charge is 0.294 e. The van der Waals surface area contributed by atoms with E-state index in [4.69, 9.17) is 9.29 Å². The van der Waals surface area contributed by atoms with E-state index >= 15 is 0 Å². The molecule has 0 spiro atoms. The van der Waals surface area contributed by atoms with Crippen molar-refractivity contribution in [3.63, 3.8) is 0 Å². The van der Waals surface area contributed by atoms with E-state index in [9.17, 15) is 8.42 Å². The minimum absolute atomic E-state index is 0.0666. The van der Waals surface area contributed by atoms with Crippen molar-refractivity contribution < 1.29 is 17.7 Å². The van der Waals surface area contributed by atoms with E-state index in [0.717, 1.165) is 18.8 Å². The van der Waals surface area contributed by atoms with E-state index in [0.29, 0.717) is 0 Å². The van der Waals surface area contributed by atoms with Gasteiger partial charge in [0.05, 0.1) is 4.90 Å². The van der Waals surface area contributed by atoms with Gasteiger partial charge in [0.25, 0.3) is 10.1 Å². The highest BCUT2D eigenvalue weighted by Crippen LogP contribution is 2.08. The number of rotatable bonds is 1. The summed E-state index contributed by atoms with van der Waals surface area (Å²) in [5, 5.41) is 0. The van der Waals surface area contributed by atoms with E-state index < -0.39 is 10.1 Å². The summed E-state index contributed by atoms with van der Waals surface area (Å²) in [4.78, 5) is -0.0666. The summed E-state index contributed by atoms with van der Waals surface area (Å²) < 4.78 is 34.6. The number of ether oxygens (including phenoxy) is 1. The number of hydrogen-bond acceptors (Lipinski definition) is 3. The predicted octanol–water partition coefficient (Wildman–Crippen LogP) is 2.43. The van der Waals surface area contributed by atoms with Crippen molar-refractivity contribution in [3.05, 3.63) is 29.8 Å². The fourth-order valence-electron chi connectivity index (χ4n) is 1.40. The van der Waals surface area contributed by atoms with Crippen LogP contribution in [0.5, 0.6) is 0 Å². The fourth-order valence-corrected chi connectivity index (χ4v) is 1.88. The van der Waals surface area contributed by atoms with Crippen molar-refractivity contribution in [1.29, 1.82) is 0 Å². The summed E-state index contributed by atoms with van der Waals surface area (Å²) >= 11 is 0. The van der Waals surface area contributed by atoms with Crippen LogP contribution in [0.3, 0.4) is 0 Å². The zero-order chi connectivity index (χ0) is 12.7. The summed E-state index contributed by atoms with van der Waals surface area (Å²) in [6.45, 7) is 3.84. The van der Waals surface area contributed by atoms with Crippen LogP contribution in [0.1, 0.15) is 24.8 Å². The Morgan fingerprint density at radius 2 is 1.59 bits per heavy atom. The van der Waals surface area contributed by atoms with E-state index in [1.807, 2.05) is 6.92 Å². The molecule has 1 aromatic carbocycles. The largest absolute Gasteiger partial charge is 0.381 e. The SMILES string of the molecule is C1CCOCC1.Cc1ccc(S(=O)(=O)O)cc1. The van der Waals surface area contributed by atoms with Gasteiger partial charge in [-0.05, 0) is 38.3 Å². The average molecular weight is 258 g/mol. The second kappa shape index (κ2) is 6.74. The van der Waals surface area contributed by atoms with Gasteiger partial charge >= 0.3 is 0 Å². The first-order valence-electron chi connectivity index (χ1n) is 5.62. The fraction of sp³-hybridized carbons (Fsp3) is 0.500. The van der Waals surface area contributed by atoms with Crippen LogP contribution in [-0.2, 0) is 14.9 Å². The Balaban J connectivity index is 0.000000202. The maximum atomic E-state index is 10.5. The highest BCUT2D eigenvalue weighted by atomic mass is 32.2. The highest BCUT2D eigenvalue weighted by Gasteiger charge is 2.06. The summed E-state index contributed by atoms with van der Waals surface area (Å²) in [5.41, 5.74) is 0.956. The van der Waals surface area contributed by atoms with Crippen LogP contribution < -0.4 is 0 Å². The third-order valence-corrected chi connectivity index (χ3v) is 3.26. The molecule has 5 heteroatoms. The van der Waals surface area contributed by atoms with Crippen LogP contribution in [0.2, 0.25) is 0 Å². The summed E-state index contributed by atoms with van der Waals surface area (Å²) in [6.07, 6.45) is 3.93. The maximum Gasteiger partial charge on any atom is 0.294 e. The molecule has 0 bridgehead atoms. The van der Waals surface area contributed by atoms with Crippen LogP contribution in [-0.4, -0.2) is 26.2 Å². The zero-order valence-electron chi connectivity index (χ0n) is 9.93. The molecule has 4 nitrogen and oxygen atoms in total. The van der Waals surface area contributed by atoms with Crippen LogP contribution >= 0.6 is 0 Å². The molecule has 1 N–H and O–H groups in total. The van der Waals surface area contributed by atoms with Gasteiger partial charge in [0.15, 0.2) is 0 Å². The van der Waals surface area contributed by atoms with Crippen LogP contribution in [0, 0.1) is 6.92 Å². The maximum absolute atomic E-state index is 10.5. The molecule has 17 heavy (non-hydrogen) atoms. The van der Waals surface area contributed by atoms with Crippen molar-refractivity contribution >= 4 is 10.1 Å². The molecule has 1 aliphatic rings. The van der Waals surface area contributed by atoms with Crippen LogP contribution in [0.25, 0.3) is 0 Å². The van der Waals surface area contributed by atoms with E-state index in [2.05, 4.69) is 0 Å². The molecule has 0 amide bonds. The number of hydrogen-bond donors (Lipinski definition) is 1. The molecule has 0 unspecified atom stereocenters. The van der Waals surface area contributed by atoms with E-state index in [1.165, 1.54) is 31.4 Å². The minimum atomic E-state index is -4.02. The molecule has 0 aliphatic carbocycles. The molecular formula is C12H18O4S. The van der Waals surface area contributed by atoms with Gasteiger partial charge in [0.2, 0.25) is 0 Å². The molecule has 1 heterocycles. The van der Waals surface area contributed by atoms with Gasteiger partial charge in [-0.3, -0.25) is 4.55 Å². The average Bonchev–Trinajstić information content (AvgIpc) is 2.31. The summed E-state index contributed by atoms with van der Waals surface area (Å²) in [6, 6.07) is 5.99. The minimum Gasteiger partial charge on any atom is -0.381 e. The lowest BCUT2D eigenvalue weighted by Crippen LogP contribution is -2.03. The van der Waals surface area contributed by atoms with Crippen LogP contribution in [0.15, 0.2) is 29.2 Å². The Hall–Kier alpha value is -0.910. The topological polar surface area (TPSA) is 63.6 Å². The van der Waals surface area contributed by atoms with Crippen molar-refractivity contribution in [2.24, 2.45) is 0 Å². The molecule has 1 aromatic rings. The third kappa shape index (κ3) is 5.81. The monoisotopic (exact) mass is 258 g/mol. The molecule has 0 atom stereocenters. The summed E-state index contributed by atoms with van der Waals surface area (Å²) in [5.74, 6) is 0. The quantitative estimate of drug-likeness (QED) is 0.786. The zero-order valence-corrected chi connectivity index (χ0v) is 10.7. The molecule has 96 valence electrons. The Bertz CT molecular complexity index is 407. The van der Waals surface area contributed by atoms with Crippen LogP contribution in [0.4, 0.5) is 0 Å². The Kier molecular flexibility index (Phi) is 5.61. The normalized spacial score (nSPS) is 15.9. The lowest BCUT2D eigenvalue weighted by Gasteiger charge is -2.08. The highest BCUT2D eigenvalue weighted by molar-refractivity contribution is 7.85. The molecule has 1 fully saturated rings.